The molecule has 40 heavy (non-hydrogen) atoms. The molecular formula is C32H63O6PS. The van der Waals surface area contributed by atoms with E-state index in [4.69, 9.17) is 19.2 Å². The number of carbonyl (C=O) groups is 1. The molecule has 0 aliphatic heterocycles. The number of carbonyl (C=O) groups excluding carboxylic acids is 1. The van der Waals surface area contributed by atoms with Gasteiger partial charge in [-0.25, -0.2) is 9.68 Å². The molecule has 0 spiro atoms. The van der Waals surface area contributed by atoms with Crippen LogP contribution < -0.4 is 0 Å². The number of hydrogen-bond acceptors (Lipinski definition) is 7. The SMILES string of the molecule is CCCCCCCCCCSC(CCCCCCCCC)C(C)OOC(OCCC)(P=O)C(=O)OCC(C)(C)C. The summed E-state index contributed by atoms with van der Waals surface area (Å²) >= 11 is 1.93. The van der Waals surface area contributed by atoms with Crippen molar-refractivity contribution in [3.8, 4) is 0 Å². The normalized spacial score (nSPS) is 15.2. The van der Waals surface area contributed by atoms with Gasteiger partial charge in [0.15, 0.2) is 0 Å². The summed E-state index contributed by atoms with van der Waals surface area (Å²) in [5.74, 6) is 0.254. The molecule has 0 N–H and O–H groups in total. The Balaban J connectivity index is 5.02. The van der Waals surface area contributed by atoms with Crippen LogP contribution in [0, 0.1) is 5.41 Å². The van der Waals surface area contributed by atoms with Gasteiger partial charge in [-0.05, 0) is 37.4 Å². The first kappa shape index (κ1) is 39.8. The molecule has 6 nitrogen and oxygen atoms in total. The molecule has 0 amide bonds. The van der Waals surface area contributed by atoms with Crippen molar-refractivity contribution in [2.45, 2.75) is 175 Å². The van der Waals surface area contributed by atoms with Gasteiger partial charge in [-0.15, -0.1) is 0 Å². The van der Waals surface area contributed by atoms with Crippen LogP contribution in [0.5, 0.6) is 0 Å². The summed E-state index contributed by atoms with van der Waals surface area (Å²) in [5, 5.41) is 0.220. The molecule has 0 heterocycles. The Labute approximate surface area is 253 Å². The second kappa shape index (κ2) is 25.3. The van der Waals surface area contributed by atoms with Gasteiger partial charge in [-0.1, -0.05) is 131 Å². The Hall–Kier alpha value is -0.200. The van der Waals surface area contributed by atoms with E-state index in [0.29, 0.717) is 6.42 Å². The van der Waals surface area contributed by atoms with Crippen LogP contribution in [0.1, 0.15) is 158 Å². The predicted octanol–water partition coefficient (Wildman–Crippen LogP) is 10.7. The topological polar surface area (TPSA) is 71.1 Å². The summed E-state index contributed by atoms with van der Waals surface area (Å²) in [7, 11) is -0.636. The Morgan fingerprint density at radius 1 is 0.775 bits per heavy atom. The fourth-order valence-electron chi connectivity index (χ4n) is 4.24. The highest BCUT2D eigenvalue weighted by Crippen LogP contribution is 2.33. The molecule has 0 aliphatic rings. The summed E-state index contributed by atoms with van der Waals surface area (Å²) in [5.41, 5.74) is -2.35. The minimum Gasteiger partial charge on any atom is -0.460 e. The number of thioether (sulfide) groups is 1. The van der Waals surface area contributed by atoms with Crippen molar-refractivity contribution >= 4 is 26.2 Å². The maximum Gasteiger partial charge on any atom is 0.382 e. The first-order valence-corrected chi connectivity index (χ1v) is 18.1. The van der Waals surface area contributed by atoms with Gasteiger partial charge in [0.2, 0.25) is 8.46 Å². The third-order valence-electron chi connectivity index (χ3n) is 6.77. The van der Waals surface area contributed by atoms with Gasteiger partial charge in [0.1, 0.15) is 6.10 Å². The maximum atomic E-state index is 12.9. The summed E-state index contributed by atoms with van der Waals surface area (Å²) in [6, 6.07) is 0. The number of ether oxygens (including phenoxy) is 2. The Kier molecular flexibility index (Phi) is 25.2. The van der Waals surface area contributed by atoms with Crippen LogP contribution in [0.15, 0.2) is 0 Å². The molecule has 0 aromatic carbocycles. The smallest absolute Gasteiger partial charge is 0.382 e. The molecule has 0 aliphatic carbocycles. The van der Waals surface area contributed by atoms with Gasteiger partial charge in [0.25, 0.3) is 0 Å². The summed E-state index contributed by atoms with van der Waals surface area (Å²) in [6.45, 7) is 14.6. The molecule has 0 fully saturated rings. The standard InChI is InChI=1S/C32H63O6PS/c1-8-11-13-15-17-19-21-23-26-40-29(24-22-20-18-16-14-12-9-2)28(4)37-38-32(39-34,36-25-10-3)30(33)35-27-31(5,6)7/h28-29H,8-27H2,1-7H3. The molecule has 3 atom stereocenters. The molecule has 3 unspecified atom stereocenters. The third-order valence-corrected chi connectivity index (χ3v) is 8.97. The minimum atomic E-state index is -2.11. The number of unbranched alkanes of at least 4 members (excludes halogenated alkanes) is 13. The van der Waals surface area contributed by atoms with E-state index in [0.717, 1.165) is 18.6 Å². The second-order valence-electron chi connectivity index (χ2n) is 12.3. The lowest BCUT2D eigenvalue weighted by atomic mass is 9.99. The zero-order valence-corrected chi connectivity index (χ0v) is 28.8. The van der Waals surface area contributed by atoms with Crippen LogP contribution in [-0.4, -0.2) is 41.8 Å². The fourth-order valence-corrected chi connectivity index (χ4v) is 5.92. The lowest BCUT2D eigenvalue weighted by Crippen LogP contribution is -2.43. The first-order valence-electron chi connectivity index (χ1n) is 16.3. The zero-order valence-electron chi connectivity index (χ0n) is 27.1. The monoisotopic (exact) mass is 606 g/mol. The van der Waals surface area contributed by atoms with Crippen molar-refractivity contribution in [2.75, 3.05) is 19.0 Å². The Morgan fingerprint density at radius 3 is 1.80 bits per heavy atom. The zero-order chi connectivity index (χ0) is 30.1. The molecule has 0 rings (SSSR count). The van der Waals surface area contributed by atoms with Crippen LogP contribution in [-0.2, 0) is 28.6 Å². The minimum absolute atomic E-state index is 0.160. The molecule has 238 valence electrons. The fraction of sp³-hybridized carbons (Fsp3) is 0.969. The predicted molar refractivity (Wildman–Crippen MR) is 170 cm³/mol. The van der Waals surface area contributed by atoms with Crippen molar-refractivity contribution in [3.05, 3.63) is 0 Å². The lowest BCUT2D eigenvalue weighted by Gasteiger charge is -2.29. The lowest BCUT2D eigenvalue weighted by molar-refractivity contribution is -0.403. The molecule has 0 bridgehead atoms. The average Bonchev–Trinajstić information content (AvgIpc) is 2.93. The molecule has 8 heteroatoms. The van der Waals surface area contributed by atoms with Gasteiger partial charge in [-0.3, -0.25) is 4.57 Å². The van der Waals surface area contributed by atoms with E-state index in [1.165, 1.54) is 89.9 Å². The summed E-state index contributed by atoms with van der Waals surface area (Å²) < 4.78 is 23.3. The number of rotatable bonds is 28. The Morgan fingerprint density at radius 2 is 1.30 bits per heavy atom. The van der Waals surface area contributed by atoms with Crippen molar-refractivity contribution in [3.63, 3.8) is 0 Å². The van der Waals surface area contributed by atoms with E-state index in [9.17, 15) is 9.36 Å². The van der Waals surface area contributed by atoms with E-state index in [1.54, 1.807) is 0 Å². The quantitative estimate of drug-likeness (QED) is 0.0219. The second-order valence-corrected chi connectivity index (χ2v) is 14.5. The van der Waals surface area contributed by atoms with Crippen LogP contribution in [0.3, 0.4) is 0 Å². The van der Waals surface area contributed by atoms with Gasteiger partial charge >= 0.3 is 11.5 Å². The highest BCUT2D eigenvalue weighted by Gasteiger charge is 2.47. The summed E-state index contributed by atoms with van der Waals surface area (Å²) in [6.07, 6.45) is 20.6. The van der Waals surface area contributed by atoms with Crippen LogP contribution >= 0.6 is 20.2 Å². The van der Waals surface area contributed by atoms with E-state index < -0.39 is 20.0 Å². The van der Waals surface area contributed by atoms with Crippen LogP contribution in [0.2, 0.25) is 0 Å². The van der Waals surface area contributed by atoms with Crippen molar-refractivity contribution < 1.29 is 28.6 Å². The van der Waals surface area contributed by atoms with E-state index in [1.807, 2.05) is 46.4 Å². The number of hydrogen-bond donors (Lipinski definition) is 0. The number of esters is 1. The van der Waals surface area contributed by atoms with Gasteiger partial charge in [0.05, 0.1) is 13.2 Å². The third kappa shape index (κ3) is 20.6. The average molecular weight is 607 g/mol. The van der Waals surface area contributed by atoms with Crippen molar-refractivity contribution in [1.29, 1.82) is 0 Å². The van der Waals surface area contributed by atoms with Crippen molar-refractivity contribution in [1.82, 2.24) is 0 Å². The molecule has 0 aromatic heterocycles. The highest BCUT2D eigenvalue weighted by atomic mass is 32.2. The van der Waals surface area contributed by atoms with Crippen molar-refractivity contribution in [2.24, 2.45) is 5.41 Å². The molecule has 0 aromatic rings. The highest BCUT2D eigenvalue weighted by molar-refractivity contribution is 7.99. The van der Waals surface area contributed by atoms with E-state index in [-0.39, 0.29) is 30.0 Å². The van der Waals surface area contributed by atoms with E-state index >= 15 is 0 Å². The Bertz CT molecular complexity index is 615. The van der Waals surface area contributed by atoms with E-state index in [2.05, 4.69) is 13.8 Å². The molecule has 0 saturated carbocycles. The van der Waals surface area contributed by atoms with Gasteiger partial charge in [0, 0.05) is 5.25 Å². The first-order chi connectivity index (χ1) is 19.2. The summed E-state index contributed by atoms with van der Waals surface area (Å²) in [4.78, 5) is 24.3. The van der Waals surface area contributed by atoms with Crippen LogP contribution in [0.4, 0.5) is 0 Å². The van der Waals surface area contributed by atoms with Gasteiger partial charge in [-0.2, -0.15) is 16.6 Å². The molecular weight excluding hydrogens is 543 g/mol. The molecule has 0 saturated heterocycles. The molecule has 0 radical (unpaired) electrons. The maximum absolute atomic E-state index is 12.9. The van der Waals surface area contributed by atoms with Gasteiger partial charge < -0.3 is 9.47 Å². The largest absolute Gasteiger partial charge is 0.460 e. The van der Waals surface area contributed by atoms with Crippen LogP contribution in [0.25, 0.3) is 0 Å².